The first-order valence-corrected chi connectivity index (χ1v) is 7.20. The lowest BCUT2D eigenvalue weighted by atomic mass is 9.86. The SMILES string of the molecule is COC(=O)[C@@H]1[C@H](C)[C@]12CCOc1ccc(I)cc12. The van der Waals surface area contributed by atoms with Gasteiger partial charge < -0.3 is 9.47 Å². The number of hydrogen-bond acceptors (Lipinski definition) is 3. The summed E-state index contributed by atoms with van der Waals surface area (Å²) in [7, 11) is 1.47. The molecular weight excluding hydrogens is 343 g/mol. The molecule has 1 aliphatic heterocycles. The zero-order valence-electron chi connectivity index (χ0n) is 10.4. The number of fused-ring (bicyclic) bond motifs is 2. The summed E-state index contributed by atoms with van der Waals surface area (Å²) in [5, 5.41) is 0. The van der Waals surface area contributed by atoms with Crippen LogP contribution in [0.15, 0.2) is 18.2 Å². The van der Waals surface area contributed by atoms with Crippen molar-refractivity contribution in [2.24, 2.45) is 11.8 Å². The number of carbonyl (C=O) groups excluding carboxylic acids is 1. The Kier molecular flexibility index (Phi) is 2.80. The predicted octanol–water partition coefficient (Wildman–Crippen LogP) is 2.75. The van der Waals surface area contributed by atoms with Crippen LogP contribution in [0.4, 0.5) is 0 Å². The van der Waals surface area contributed by atoms with Gasteiger partial charge in [-0.05, 0) is 53.1 Å². The average Bonchev–Trinajstić information content (AvgIpc) is 2.95. The van der Waals surface area contributed by atoms with E-state index in [4.69, 9.17) is 9.47 Å². The fraction of sp³-hybridized carbons (Fsp3) is 0.500. The molecule has 3 atom stereocenters. The number of ether oxygens (including phenoxy) is 2. The van der Waals surface area contributed by atoms with Crippen LogP contribution in [0, 0.1) is 15.4 Å². The van der Waals surface area contributed by atoms with E-state index in [0.29, 0.717) is 12.5 Å². The highest BCUT2D eigenvalue weighted by molar-refractivity contribution is 14.1. The van der Waals surface area contributed by atoms with Crippen molar-refractivity contribution in [1.29, 1.82) is 0 Å². The van der Waals surface area contributed by atoms with Crippen LogP contribution < -0.4 is 4.74 Å². The molecule has 4 heteroatoms. The van der Waals surface area contributed by atoms with Crippen molar-refractivity contribution in [3.63, 3.8) is 0 Å². The third-order valence-electron chi connectivity index (χ3n) is 4.43. The van der Waals surface area contributed by atoms with Gasteiger partial charge in [-0.15, -0.1) is 0 Å². The number of hydrogen-bond donors (Lipinski definition) is 0. The molecule has 18 heavy (non-hydrogen) atoms. The van der Waals surface area contributed by atoms with E-state index >= 15 is 0 Å². The molecule has 1 aromatic carbocycles. The third kappa shape index (κ3) is 1.51. The van der Waals surface area contributed by atoms with Gasteiger partial charge in [-0.2, -0.15) is 0 Å². The van der Waals surface area contributed by atoms with Crippen LogP contribution in [0.1, 0.15) is 18.9 Å². The van der Waals surface area contributed by atoms with E-state index in [2.05, 4.69) is 35.6 Å². The second-order valence-electron chi connectivity index (χ2n) is 5.07. The van der Waals surface area contributed by atoms with E-state index < -0.39 is 0 Å². The fourth-order valence-corrected chi connectivity index (χ4v) is 3.91. The summed E-state index contributed by atoms with van der Waals surface area (Å²) in [4.78, 5) is 11.9. The highest BCUT2D eigenvalue weighted by Gasteiger charge is 2.68. The monoisotopic (exact) mass is 358 g/mol. The van der Waals surface area contributed by atoms with Crippen molar-refractivity contribution >= 4 is 28.6 Å². The van der Waals surface area contributed by atoms with Gasteiger partial charge in [-0.1, -0.05) is 6.92 Å². The normalized spacial score (nSPS) is 32.6. The molecule has 0 radical (unpaired) electrons. The molecule has 0 saturated heterocycles. The average molecular weight is 358 g/mol. The molecule has 0 bridgehead atoms. The highest BCUT2D eigenvalue weighted by atomic mass is 127. The van der Waals surface area contributed by atoms with Crippen LogP contribution >= 0.6 is 22.6 Å². The maximum absolute atomic E-state index is 11.9. The number of methoxy groups -OCH3 is 1. The Balaban J connectivity index is 2.07. The van der Waals surface area contributed by atoms with E-state index in [-0.39, 0.29) is 17.3 Å². The summed E-state index contributed by atoms with van der Waals surface area (Å²) in [5.74, 6) is 1.17. The largest absolute Gasteiger partial charge is 0.493 e. The van der Waals surface area contributed by atoms with E-state index in [1.807, 2.05) is 12.1 Å². The fourth-order valence-electron chi connectivity index (χ4n) is 3.42. The Morgan fingerprint density at radius 2 is 2.33 bits per heavy atom. The van der Waals surface area contributed by atoms with Crippen molar-refractivity contribution in [3.8, 4) is 5.75 Å². The van der Waals surface area contributed by atoms with Gasteiger partial charge >= 0.3 is 5.97 Å². The highest BCUT2D eigenvalue weighted by Crippen LogP contribution is 2.65. The van der Waals surface area contributed by atoms with Crippen molar-refractivity contribution in [1.82, 2.24) is 0 Å². The maximum Gasteiger partial charge on any atom is 0.309 e. The third-order valence-corrected chi connectivity index (χ3v) is 5.10. The number of rotatable bonds is 1. The lowest BCUT2D eigenvalue weighted by Crippen LogP contribution is -2.25. The quantitative estimate of drug-likeness (QED) is 0.572. The van der Waals surface area contributed by atoms with Crippen molar-refractivity contribution in [2.45, 2.75) is 18.8 Å². The van der Waals surface area contributed by atoms with Gasteiger partial charge in [0.1, 0.15) is 5.75 Å². The van der Waals surface area contributed by atoms with Crippen LogP contribution in [-0.4, -0.2) is 19.7 Å². The molecule has 3 rings (SSSR count). The van der Waals surface area contributed by atoms with E-state index in [0.717, 1.165) is 12.2 Å². The summed E-state index contributed by atoms with van der Waals surface area (Å²) in [5.41, 5.74) is 1.13. The number of carbonyl (C=O) groups is 1. The summed E-state index contributed by atoms with van der Waals surface area (Å²) in [6.07, 6.45) is 0.904. The molecule has 1 aliphatic carbocycles. The molecule has 3 nitrogen and oxygen atoms in total. The standard InChI is InChI=1S/C14H15IO3/c1-8-12(13(16)17-2)14(8)5-6-18-11-4-3-9(15)7-10(11)14/h3-4,7-8,12H,5-6H2,1-2H3/t8-,12-,14-/m0/s1. The molecule has 0 unspecified atom stereocenters. The summed E-state index contributed by atoms with van der Waals surface area (Å²) in [6.45, 7) is 2.82. The van der Waals surface area contributed by atoms with Crippen molar-refractivity contribution in [2.75, 3.05) is 13.7 Å². The van der Waals surface area contributed by atoms with Crippen LogP contribution in [0.5, 0.6) is 5.75 Å². The zero-order valence-corrected chi connectivity index (χ0v) is 12.6. The minimum absolute atomic E-state index is 0.0108. The topological polar surface area (TPSA) is 35.5 Å². The molecule has 1 spiro atoms. The molecule has 1 saturated carbocycles. The molecule has 0 aromatic heterocycles. The van der Waals surface area contributed by atoms with E-state index in [1.165, 1.54) is 16.2 Å². The van der Waals surface area contributed by atoms with Crippen molar-refractivity contribution < 1.29 is 14.3 Å². The molecule has 0 amide bonds. The first-order chi connectivity index (χ1) is 8.61. The minimum atomic E-state index is -0.0887. The van der Waals surface area contributed by atoms with Gasteiger partial charge in [0.15, 0.2) is 0 Å². The number of benzene rings is 1. The summed E-state index contributed by atoms with van der Waals surface area (Å²) in [6, 6.07) is 6.20. The van der Waals surface area contributed by atoms with Crippen LogP contribution in [0.3, 0.4) is 0 Å². The Labute approximate surface area is 120 Å². The van der Waals surface area contributed by atoms with E-state index in [9.17, 15) is 4.79 Å². The second-order valence-corrected chi connectivity index (χ2v) is 6.31. The first kappa shape index (κ1) is 12.3. The Bertz CT molecular complexity index is 514. The second kappa shape index (κ2) is 4.11. The lowest BCUT2D eigenvalue weighted by Gasteiger charge is -2.27. The van der Waals surface area contributed by atoms with Crippen molar-refractivity contribution in [3.05, 3.63) is 27.3 Å². The van der Waals surface area contributed by atoms with Crippen LogP contribution in [0.2, 0.25) is 0 Å². The molecular formula is C14H15IO3. The molecule has 1 heterocycles. The molecule has 2 aliphatic rings. The Morgan fingerprint density at radius 3 is 3.06 bits per heavy atom. The Morgan fingerprint density at radius 1 is 1.56 bits per heavy atom. The molecule has 1 aromatic rings. The number of esters is 1. The lowest BCUT2D eigenvalue weighted by molar-refractivity contribution is -0.143. The number of halogens is 1. The van der Waals surface area contributed by atoms with Crippen LogP contribution in [0.25, 0.3) is 0 Å². The maximum atomic E-state index is 11.9. The smallest absolute Gasteiger partial charge is 0.309 e. The first-order valence-electron chi connectivity index (χ1n) is 6.12. The van der Waals surface area contributed by atoms with Gasteiger partial charge in [-0.25, -0.2) is 0 Å². The molecule has 96 valence electrons. The molecule has 0 N–H and O–H groups in total. The van der Waals surface area contributed by atoms with Crippen LogP contribution in [-0.2, 0) is 14.9 Å². The summed E-state index contributed by atoms with van der Waals surface area (Å²) >= 11 is 2.30. The van der Waals surface area contributed by atoms with E-state index in [1.54, 1.807) is 0 Å². The van der Waals surface area contributed by atoms with Gasteiger partial charge in [0.05, 0.1) is 19.6 Å². The molecule has 1 fully saturated rings. The van der Waals surface area contributed by atoms with Gasteiger partial charge in [0.2, 0.25) is 0 Å². The Hall–Kier alpha value is -0.780. The van der Waals surface area contributed by atoms with Gasteiger partial charge in [-0.3, -0.25) is 4.79 Å². The minimum Gasteiger partial charge on any atom is -0.493 e. The van der Waals surface area contributed by atoms with Gasteiger partial charge in [0.25, 0.3) is 0 Å². The zero-order chi connectivity index (χ0) is 12.9. The summed E-state index contributed by atoms with van der Waals surface area (Å²) < 4.78 is 11.8. The predicted molar refractivity (Wildman–Crippen MR) is 75.6 cm³/mol. The van der Waals surface area contributed by atoms with Gasteiger partial charge in [0, 0.05) is 14.5 Å².